The minimum Gasteiger partial charge on any atom is -0.148 e. The van der Waals surface area contributed by atoms with Crippen LogP contribution in [0, 0.1) is 6.92 Å². The van der Waals surface area contributed by atoms with Crippen molar-refractivity contribution in [2.24, 2.45) is 0 Å². The highest BCUT2D eigenvalue weighted by molar-refractivity contribution is 7.84. The quantitative estimate of drug-likeness (QED) is 0.0690. The number of fused-ring (bicyclic) bond motifs is 1. The van der Waals surface area contributed by atoms with Crippen LogP contribution in [-0.4, -0.2) is 0 Å². The molecule has 0 spiro atoms. The second kappa shape index (κ2) is 20.6. The molecule has 0 aliphatic rings. The van der Waals surface area contributed by atoms with Crippen LogP contribution in [-0.2, 0) is 19.3 Å². The van der Waals surface area contributed by atoms with Crippen molar-refractivity contribution >= 4 is 40.8 Å². The second-order valence-electron chi connectivity index (χ2n) is 12.2. The lowest BCUT2D eigenvalue weighted by Gasteiger charge is -2.09. The third kappa shape index (κ3) is 13.5. The summed E-state index contributed by atoms with van der Waals surface area (Å²) in [5.74, 6) is 0. The van der Waals surface area contributed by atoms with Gasteiger partial charge in [0.25, 0.3) is 0 Å². The van der Waals surface area contributed by atoms with Gasteiger partial charge in [0, 0.05) is 22.6 Å². The molecule has 0 aliphatic carbocycles. The van der Waals surface area contributed by atoms with E-state index in [1.807, 2.05) is 17.4 Å². The fraction of sp³-hybridized carbons (Fsp3) is 0.463. The number of allylic oxidation sites excluding steroid dienone is 6. The van der Waals surface area contributed by atoms with Crippen LogP contribution in [0.15, 0.2) is 83.8 Å². The molecule has 0 fully saturated rings. The Morgan fingerprint density at radius 1 is 0.767 bits per heavy atom. The molecule has 43 heavy (non-hydrogen) atoms. The maximum Gasteiger partial charge on any atom is 0.00919 e. The van der Waals surface area contributed by atoms with Gasteiger partial charge in [0.15, 0.2) is 0 Å². The van der Waals surface area contributed by atoms with E-state index in [9.17, 15) is 0 Å². The summed E-state index contributed by atoms with van der Waals surface area (Å²) in [6.45, 7) is 10.9. The SMILES string of the molecule is C=C/C(=C\c1cc2ccc(C/C(S)=C/C=C/CCCCCCCC)cc2cc1C)Cc1ccc(CCCCCCCC)s1. The fourth-order valence-electron chi connectivity index (χ4n) is 5.64. The molecule has 1 heterocycles. The number of benzene rings is 2. The molecule has 0 N–H and O–H groups in total. The van der Waals surface area contributed by atoms with Gasteiger partial charge >= 0.3 is 0 Å². The van der Waals surface area contributed by atoms with Crippen LogP contribution in [0.2, 0.25) is 0 Å². The average Bonchev–Trinajstić information content (AvgIpc) is 3.45. The van der Waals surface area contributed by atoms with Crippen molar-refractivity contribution in [2.45, 2.75) is 124 Å². The highest BCUT2D eigenvalue weighted by Crippen LogP contribution is 2.27. The number of hydrogen-bond acceptors (Lipinski definition) is 2. The van der Waals surface area contributed by atoms with Gasteiger partial charge < -0.3 is 0 Å². The number of aryl methyl sites for hydroxylation is 2. The van der Waals surface area contributed by atoms with E-state index in [-0.39, 0.29) is 0 Å². The van der Waals surface area contributed by atoms with Crippen LogP contribution >= 0.6 is 24.0 Å². The number of unbranched alkanes of at least 4 members (excludes halogenated alkanes) is 11. The Bertz CT molecular complexity index is 1330. The number of hydrogen-bond donors (Lipinski definition) is 1. The zero-order chi connectivity index (χ0) is 30.7. The van der Waals surface area contributed by atoms with E-state index in [1.54, 1.807) is 0 Å². The zero-order valence-corrected chi connectivity index (χ0v) is 29.0. The van der Waals surface area contributed by atoms with Crippen molar-refractivity contribution in [3.63, 3.8) is 0 Å². The van der Waals surface area contributed by atoms with E-state index < -0.39 is 0 Å². The molecule has 1 aromatic heterocycles. The van der Waals surface area contributed by atoms with Crippen LogP contribution < -0.4 is 0 Å². The van der Waals surface area contributed by atoms with Gasteiger partial charge in [-0.2, -0.15) is 0 Å². The first-order valence-electron chi connectivity index (χ1n) is 17.0. The molecule has 0 saturated carbocycles. The molecule has 0 unspecified atom stereocenters. The molecule has 3 aromatic rings. The summed E-state index contributed by atoms with van der Waals surface area (Å²) >= 11 is 6.75. The molecule has 0 atom stereocenters. The van der Waals surface area contributed by atoms with Crippen molar-refractivity contribution in [1.82, 2.24) is 0 Å². The molecule has 3 rings (SSSR count). The lowest BCUT2D eigenvalue weighted by molar-refractivity contribution is 0.609. The molecular formula is C41H56S2. The standard InChI is InChI=1S/C41H56S2/c1-5-8-10-12-14-15-16-17-19-21-39(42)30-35-23-24-36-32-37(33(4)27-38(36)29-35)28-34(7-3)31-41-26-25-40(43-41)22-20-18-13-11-9-6-2/h7,17,19,21,23-29,32,42H,3,5-6,8-16,18,20,22,30-31H2,1-2,4H3/b19-17+,34-28+,39-21-. The molecule has 232 valence electrons. The Balaban J connectivity index is 1.55. The van der Waals surface area contributed by atoms with Gasteiger partial charge in [-0.15, -0.1) is 24.0 Å². The van der Waals surface area contributed by atoms with Crippen molar-refractivity contribution in [2.75, 3.05) is 0 Å². The molecule has 0 saturated heterocycles. The maximum absolute atomic E-state index is 4.77. The molecular weight excluding hydrogens is 557 g/mol. The topological polar surface area (TPSA) is 0 Å². The van der Waals surface area contributed by atoms with Gasteiger partial charge in [-0.25, -0.2) is 0 Å². The minimum atomic E-state index is 0.864. The summed E-state index contributed by atoms with van der Waals surface area (Å²) in [7, 11) is 0. The van der Waals surface area contributed by atoms with Crippen LogP contribution in [0.3, 0.4) is 0 Å². The molecule has 2 aromatic carbocycles. The van der Waals surface area contributed by atoms with Gasteiger partial charge in [-0.1, -0.05) is 139 Å². The lowest BCUT2D eigenvalue weighted by atomic mass is 9.97. The molecule has 0 aliphatic heterocycles. The van der Waals surface area contributed by atoms with E-state index in [1.165, 1.54) is 126 Å². The number of rotatable bonds is 21. The first kappa shape index (κ1) is 35.2. The Hall–Kier alpha value is -2.29. The van der Waals surface area contributed by atoms with Crippen LogP contribution in [0.5, 0.6) is 0 Å². The van der Waals surface area contributed by atoms with Crippen molar-refractivity contribution in [3.8, 4) is 0 Å². The Morgan fingerprint density at radius 2 is 1.47 bits per heavy atom. The third-order valence-electron chi connectivity index (χ3n) is 8.30. The first-order valence-corrected chi connectivity index (χ1v) is 18.3. The van der Waals surface area contributed by atoms with E-state index in [0.717, 1.165) is 24.2 Å². The minimum absolute atomic E-state index is 0.864. The van der Waals surface area contributed by atoms with Crippen LogP contribution in [0.4, 0.5) is 0 Å². The third-order valence-corrected chi connectivity index (χ3v) is 9.75. The van der Waals surface area contributed by atoms with Crippen molar-refractivity contribution in [3.05, 3.63) is 110 Å². The summed E-state index contributed by atoms with van der Waals surface area (Å²) in [5.41, 5.74) is 5.17. The van der Waals surface area contributed by atoms with Gasteiger partial charge in [0.2, 0.25) is 0 Å². The monoisotopic (exact) mass is 612 g/mol. The molecule has 0 amide bonds. The fourth-order valence-corrected chi connectivity index (χ4v) is 7.01. The average molecular weight is 613 g/mol. The van der Waals surface area contributed by atoms with Gasteiger partial charge in [0.1, 0.15) is 0 Å². The molecule has 2 heteroatoms. The number of thiophene rings is 1. The van der Waals surface area contributed by atoms with Gasteiger partial charge in [-0.05, 0) is 88.7 Å². The summed E-state index contributed by atoms with van der Waals surface area (Å²) in [6, 6.07) is 16.2. The lowest BCUT2D eigenvalue weighted by Crippen LogP contribution is -1.90. The van der Waals surface area contributed by atoms with Gasteiger partial charge in [0.05, 0.1) is 0 Å². The van der Waals surface area contributed by atoms with Crippen LogP contribution in [0.1, 0.15) is 124 Å². The van der Waals surface area contributed by atoms with Crippen molar-refractivity contribution in [1.29, 1.82) is 0 Å². The predicted molar refractivity (Wildman–Crippen MR) is 200 cm³/mol. The Morgan fingerprint density at radius 3 is 2.21 bits per heavy atom. The maximum atomic E-state index is 4.77. The number of thiol groups is 1. The van der Waals surface area contributed by atoms with E-state index in [4.69, 9.17) is 12.6 Å². The van der Waals surface area contributed by atoms with E-state index in [0.29, 0.717) is 0 Å². The normalized spacial score (nSPS) is 12.6. The summed E-state index contributed by atoms with van der Waals surface area (Å²) < 4.78 is 0. The van der Waals surface area contributed by atoms with Crippen molar-refractivity contribution < 1.29 is 0 Å². The zero-order valence-electron chi connectivity index (χ0n) is 27.3. The second-order valence-corrected chi connectivity index (χ2v) is 14.0. The molecule has 0 nitrogen and oxygen atoms in total. The van der Waals surface area contributed by atoms with Crippen LogP contribution in [0.25, 0.3) is 16.8 Å². The molecule has 0 bridgehead atoms. The smallest absolute Gasteiger partial charge is 0.00919 e. The first-order chi connectivity index (χ1) is 21.0. The summed E-state index contributed by atoms with van der Waals surface area (Å²) in [4.78, 5) is 4.06. The van der Waals surface area contributed by atoms with E-state index in [2.05, 4.69) is 94.1 Å². The highest BCUT2D eigenvalue weighted by atomic mass is 32.1. The van der Waals surface area contributed by atoms with Gasteiger partial charge in [-0.3, -0.25) is 0 Å². The highest BCUT2D eigenvalue weighted by Gasteiger charge is 2.06. The molecule has 0 radical (unpaired) electrons. The summed E-state index contributed by atoms with van der Waals surface area (Å²) in [6.07, 6.45) is 31.4. The Labute approximate surface area is 273 Å². The summed E-state index contributed by atoms with van der Waals surface area (Å²) in [5, 5.41) is 2.58. The predicted octanol–water partition coefficient (Wildman–Crippen LogP) is 13.6. The Kier molecular flexibility index (Phi) is 16.9. The largest absolute Gasteiger partial charge is 0.148 e. The van der Waals surface area contributed by atoms with E-state index >= 15 is 0 Å².